The molecule has 3 aliphatic heterocycles. The number of halogens is 4. The molecule has 12 rings (SSSR count). The molecular weight excluding hydrogens is 1490 g/mol. The van der Waals surface area contributed by atoms with Crippen molar-refractivity contribution in [2.24, 2.45) is 0 Å². The van der Waals surface area contributed by atoms with Gasteiger partial charge in [0.15, 0.2) is 21.3 Å². The number of thiazole rings is 3. The number of alkyl halides is 3. The maximum Gasteiger partial charge on any atom is 0.418 e. The van der Waals surface area contributed by atoms with Crippen molar-refractivity contribution in [1.82, 2.24) is 44.6 Å². The lowest BCUT2D eigenvalue weighted by atomic mass is 9.94. The van der Waals surface area contributed by atoms with Crippen LogP contribution in [0, 0.1) is 0 Å². The Balaban J connectivity index is 0.000000176. The molecule has 6 amide bonds. The number of pyridine rings is 1. The van der Waals surface area contributed by atoms with Gasteiger partial charge in [-0.3, -0.25) is 28.8 Å². The first-order valence-corrected chi connectivity index (χ1v) is 38.6. The van der Waals surface area contributed by atoms with Crippen molar-refractivity contribution in [2.75, 3.05) is 76.5 Å². The van der Waals surface area contributed by atoms with Gasteiger partial charge in [-0.15, -0.1) is 22.7 Å². The fourth-order valence-electron chi connectivity index (χ4n) is 11.8. The second kappa shape index (κ2) is 37.5. The number of anilines is 7. The van der Waals surface area contributed by atoms with Crippen LogP contribution in [0.25, 0.3) is 12.2 Å². The number of likely N-dealkylation sites (tertiary alicyclic amines) is 3. The molecule has 0 spiro atoms. The molecule has 9 heterocycles. The van der Waals surface area contributed by atoms with Gasteiger partial charge in [-0.05, 0) is 148 Å². The molecule has 24 nitrogen and oxygen atoms in total. The van der Waals surface area contributed by atoms with Crippen molar-refractivity contribution in [3.63, 3.8) is 0 Å². The number of amides is 6. The van der Waals surface area contributed by atoms with Gasteiger partial charge in [0.05, 0.1) is 29.5 Å². The molecule has 0 bridgehead atoms. The maximum atomic E-state index is 13.1. The zero-order valence-electron chi connectivity index (χ0n) is 61.8. The van der Waals surface area contributed by atoms with Gasteiger partial charge in [0.25, 0.3) is 17.7 Å². The van der Waals surface area contributed by atoms with Gasteiger partial charge in [-0.1, -0.05) is 84.2 Å². The number of aryl methyl sites for hydroxylation is 2. The largest absolute Gasteiger partial charge is 0.445 e. The topological polar surface area (TPSA) is 300 Å². The normalized spacial score (nSPS) is 15.9. The van der Waals surface area contributed by atoms with Crippen LogP contribution in [0.1, 0.15) is 155 Å². The van der Waals surface area contributed by atoms with Crippen molar-refractivity contribution < 1.29 is 50.8 Å². The Morgan fingerprint density at radius 1 is 0.518 bits per heavy atom. The second-order valence-electron chi connectivity index (χ2n) is 28.3. The van der Waals surface area contributed by atoms with Crippen LogP contribution in [0.5, 0.6) is 0 Å². The molecule has 7 N–H and O–H groups in total. The van der Waals surface area contributed by atoms with Crippen LogP contribution >= 0.6 is 45.6 Å². The summed E-state index contributed by atoms with van der Waals surface area (Å²) in [7, 11) is 0. The van der Waals surface area contributed by atoms with Gasteiger partial charge in [0.2, 0.25) is 23.6 Å². The van der Waals surface area contributed by atoms with E-state index in [1.807, 2.05) is 40.5 Å². The van der Waals surface area contributed by atoms with E-state index in [2.05, 4.69) is 128 Å². The molecular formula is C79H88ClF3N16O8S3. The molecule has 578 valence electrons. The van der Waals surface area contributed by atoms with E-state index >= 15 is 0 Å². The van der Waals surface area contributed by atoms with Crippen molar-refractivity contribution in [2.45, 2.75) is 135 Å². The highest BCUT2D eigenvalue weighted by Crippen LogP contribution is 2.36. The van der Waals surface area contributed by atoms with Crippen LogP contribution in [0.3, 0.4) is 0 Å². The summed E-state index contributed by atoms with van der Waals surface area (Å²) in [6, 6.07) is 21.7. The number of hydrogen-bond donors (Lipinski definition) is 7. The number of piperidine rings is 3. The highest BCUT2D eigenvalue weighted by molar-refractivity contribution is 7.16. The number of carbonyl (C=O) groups is 6. The number of nitrogens with zero attached hydrogens (tertiary/aromatic N) is 9. The predicted octanol–water partition coefficient (Wildman–Crippen LogP) is 16.2. The third kappa shape index (κ3) is 23.8. The van der Waals surface area contributed by atoms with Gasteiger partial charge >= 0.3 is 6.18 Å². The fraction of sp³-hybridized carbons (Fsp3) is 0.342. The van der Waals surface area contributed by atoms with Crippen LogP contribution < -0.4 is 37.2 Å². The van der Waals surface area contributed by atoms with Gasteiger partial charge < -0.3 is 60.8 Å². The summed E-state index contributed by atoms with van der Waals surface area (Å²) in [6.07, 6.45) is 19.8. The van der Waals surface area contributed by atoms with E-state index in [9.17, 15) is 41.9 Å². The van der Waals surface area contributed by atoms with Crippen molar-refractivity contribution in [1.29, 1.82) is 0 Å². The van der Waals surface area contributed by atoms with E-state index in [0.29, 0.717) is 77.5 Å². The van der Waals surface area contributed by atoms with E-state index in [1.54, 1.807) is 113 Å². The smallest absolute Gasteiger partial charge is 0.418 e. The Kier molecular flexibility index (Phi) is 27.9. The highest BCUT2D eigenvalue weighted by atomic mass is 35.5. The SMILES string of the molecule is C=CC(=O)Nc1ccc(C(=O)N2CCC[C@@H](Nc3ncc(/C=C/c4ncc(C(C)(C)C)o4)s3)C2)cc1.C=CC(=O)Nc1ccc(C(=O)N2CCC[C@@H](Nc3ncc(CCc4ncc(C(C)(C)C)o4)s3)C2)cc1.C=CC(=O)Nc1ccc(C(=O)N2CCC[C@@H](Nc3ncc(CNc4cc(C(F)(F)F)c(Cl)cn4)s3)C2)cc1. The number of rotatable bonds is 23. The third-order valence-corrected chi connectivity index (χ3v) is 20.7. The lowest BCUT2D eigenvalue weighted by Gasteiger charge is -2.33. The molecule has 3 atom stereocenters. The molecule has 6 aromatic heterocycles. The Morgan fingerprint density at radius 3 is 1.36 bits per heavy atom. The number of aromatic nitrogens is 6. The average molecular weight is 1580 g/mol. The van der Waals surface area contributed by atoms with Crippen LogP contribution in [0.15, 0.2) is 163 Å². The zero-order chi connectivity index (χ0) is 78.7. The van der Waals surface area contributed by atoms with Crippen LogP contribution in [0.4, 0.5) is 51.4 Å². The molecule has 3 aliphatic rings. The minimum Gasteiger partial charge on any atom is -0.445 e. The number of hydrogen-bond acceptors (Lipinski definition) is 21. The lowest BCUT2D eigenvalue weighted by molar-refractivity contribution is -0.137. The molecule has 31 heteroatoms. The molecule has 3 fully saturated rings. The van der Waals surface area contributed by atoms with Crippen LogP contribution in [0.2, 0.25) is 5.02 Å². The first-order chi connectivity index (χ1) is 52.5. The summed E-state index contributed by atoms with van der Waals surface area (Å²) in [5.74, 6) is 2.10. The third-order valence-electron chi connectivity index (χ3n) is 17.6. The van der Waals surface area contributed by atoms with E-state index < -0.39 is 16.8 Å². The number of benzene rings is 3. The Hall–Kier alpha value is -10.8. The number of nitrogens with one attached hydrogen (secondary N) is 7. The molecule has 9 aromatic rings. The van der Waals surface area contributed by atoms with Gasteiger partial charge in [-0.25, -0.2) is 29.9 Å². The predicted molar refractivity (Wildman–Crippen MR) is 428 cm³/mol. The number of carbonyl (C=O) groups excluding carboxylic acids is 6. The zero-order valence-corrected chi connectivity index (χ0v) is 65.0. The molecule has 0 unspecified atom stereocenters. The van der Waals surface area contributed by atoms with E-state index in [-0.39, 0.29) is 76.8 Å². The Labute approximate surface area is 653 Å². The van der Waals surface area contributed by atoms with E-state index in [0.717, 1.165) is 108 Å². The summed E-state index contributed by atoms with van der Waals surface area (Å²) in [5.41, 5.74) is 2.47. The summed E-state index contributed by atoms with van der Waals surface area (Å²) < 4.78 is 50.9. The summed E-state index contributed by atoms with van der Waals surface area (Å²) in [4.78, 5) is 108. The first kappa shape index (κ1) is 81.7. The fourth-order valence-corrected chi connectivity index (χ4v) is 14.5. The average Bonchev–Trinajstić information content (AvgIpc) is 1.13. The minimum absolute atomic E-state index is 0.00177. The van der Waals surface area contributed by atoms with Crippen LogP contribution in [-0.4, -0.2) is 137 Å². The highest BCUT2D eigenvalue weighted by Gasteiger charge is 2.35. The van der Waals surface area contributed by atoms with Gasteiger partial charge in [0, 0.05) is 154 Å². The van der Waals surface area contributed by atoms with E-state index in [1.165, 1.54) is 34.4 Å². The Bertz CT molecular complexity index is 4710. The summed E-state index contributed by atoms with van der Waals surface area (Å²) in [5, 5.41) is 23.1. The monoisotopic (exact) mass is 1580 g/mol. The van der Waals surface area contributed by atoms with Crippen molar-refractivity contribution in [3.05, 3.63) is 219 Å². The second-order valence-corrected chi connectivity index (χ2v) is 32.0. The van der Waals surface area contributed by atoms with Crippen molar-refractivity contribution in [3.8, 4) is 0 Å². The molecule has 0 radical (unpaired) electrons. The van der Waals surface area contributed by atoms with Gasteiger partial charge in [-0.2, -0.15) is 13.2 Å². The van der Waals surface area contributed by atoms with Gasteiger partial charge in [0.1, 0.15) is 17.3 Å². The first-order valence-electron chi connectivity index (χ1n) is 35.7. The number of oxazole rings is 2. The lowest BCUT2D eigenvalue weighted by Crippen LogP contribution is -2.45. The minimum atomic E-state index is -4.57. The van der Waals surface area contributed by atoms with E-state index in [4.69, 9.17) is 20.4 Å². The quantitative estimate of drug-likeness (QED) is 0.0293. The summed E-state index contributed by atoms with van der Waals surface area (Å²) in [6.45, 7) is 26.9. The molecule has 3 saturated heterocycles. The molecule has 0 saturated carbocycles. The van der Waals surface area contributed by atoms with Crippen molar-refractivity contribution >= 4 is 131 Å². The maximum absolute atomic E-state index is 13.1. The summed E-state index contributed by atoms with van der Waals surface area (Å²) >= 11 is 10.2. The molecule has 110 heavy (non-hydrogen) atoms. The standard InChI is InChI=1S/C27H33N5O3S.C27H31N5O3S.C25H24ClF3N6O2S/c2*1-5-23(33)30-19-10-8-18(9-11-19)25(34)32-14-6-7-20(17-32)31-26-29-15-21(36-26)12-13-24-28-16-22(35-24)27(2,3)4;1-2-22(36)33-16-7-5-15(6-8-16)23(37)35-9-3-4-17(14-35)34-24-32-12-18(38-24)11-30-21-10-19(25(27,28)29)20(26)13-31-21/h5,8-11,15-16,20H,1,6-7,12-14,17H2,2-4H3,(H,29,31)(H,30,33);5,8-13,15-16,20H,1,6-7,14,17H2,2-4H3,(H,29,31)(H,30,33);2,5-8,10,12-13,17H,1,3-4,9,11,14H2,(H,30,31)(H,32,34)(H,33,36)/b;13-12+;/t2*20-;17-/m111/s1. The molecule has 3 aromatic carbocycles. The van der Waals surface area contributed by atoms with Crippen LogP contribution in [-0.2, 0) is 50.8 Å². The Morgan fingerprint density at radius 2 is 0.936 bits per heavy atom. The molecule has 0 aliphatic carbocycles.